The van der Waals surface area contributed by atoms with Gasteiger partial charge in [-0.3, -0.25) is 14.4 Å². The molecule has 3 rings (SSSR count). The maximum atomic E-state index is 13.4. The van der Waals surface area contributed by atoms with Gasteiger partial charge in [0.15, 0.2) is 0 Å². The first-order valence-electron chi connectivity index (χ1n) is 14.1. The summed E-state index contributed by atoms with van der Waals surface area (Å²) in [7, 11) is 0. The maximum absolute atomic E-state index is 13.4. The lowest BCUT2D eigenvalue weighted by Gasteiger charge is -2.31. The number of fused-ring (bicyclic) bond motifs is 1. The van der Waals surface area contributed by atoms with Gasteiger partial charge in [-0.05, 0) is 61.0 Å². The molecule has 0 radical (unpaired) electrons. The lowest BCUT2D eigenvalue weighted by Crippen LogP contribution is -2.55. The molecule has 7 nitrogen and oxygen atoms in total. The molecule has 1 heterocycles. The van der Waals surface area contributed by atoms with Crippen LogP contribution >= 0.6 is 12.4 Å². The molecule has 2 aromatic carbocycles. The Labute approximate surface area is 240 Å². The lowest BCUT2D eigenvalue weighted by molar-refractivity contribution is -0.145. The van der Waals surface area contributed by atoms with Crippen LogP contribution in [0.4, 0.5) is 0 Å². The number of carbonyl (C=O) groups is 3. The Morgan fingerprint density at radius 3 is 2.38 bits per heavy atom. The first-order valence-corrected chi connectivity index (χ1v) is 14.1. The molecule has 3 N–H and O–H groups in total. The summed E-state index contributed by atoms with van der Waals surface area (Å²) in [6.45, 7) is 13.0. The molecule has 8 heteroatoms. The molecule has 1 saturated heterocycles. The summed E-state index contributed by atoms with van der Waals surface area (Å²) in [6, 6.07) is 13.0. The molecule has 1 fully saturated rings. The fraction of sp³-hybridized carbons (Fsp3) is 0.581. The highest BCUT2D eigenvalue weighted by Crippen LogP contribution is 2.26. The Kier molecular flexibility index (Phi) is 12.7. The zero-order valence-electron chi connectivity index (χ0n) is 24.2. The molecule has 1 unspecified atom stereocenters. The van der Waals surface area contributed by atoms with Gasteiger partial charge in [0.1, 0.15) is 12.1 Å². The Bertz CT molecular complexity index is 1100. The highest BCUT2D eigenvalue weighted by Gasteiger charge is 2.39. The van der Waals surface area contributed by atoms with Crippen LogP contribution in [0.25, 0.3) is 10.8 Å². The predicted molar refractivity (Wildman–Crippen MR) is 161 cm³/mol. The van der Waals surface area contributed by atoms with Gasteiger partial charge in [-0.2, -0.15) is 0 Å². The van der Waals surface area contributed by atoms with Crippen LogP contribution < -0.4 is 16.0 Å². The van der Waals surface area contributed by atoms with Crippen LogP contribution in [0, 0.1) is 11.3 Å². The summed E-state index contributed by atoms with van der Waals surface area (Å²) < 4.78 is 0. The standard InChI is InChI=1S/C31H46N4O3.ClH/c1-22(2)21-32-16-8-9-17-33-28(36)26(20-23-14-15-24-11-6-7-12-25(24)19-23)34-29(37)27-13-10-18-35(27)30(38)31(3,4)5;/h6-7,11-12,14-15,19,22,26-27,32H,8-10,13,16-18,20-21H2,1-5H3,(H,33,36)(H,34,37);1H/t26-,27?;/m1./s1. The summed E-state index contributed by atoms with van der Waals surface area (Å²) in [6.07, 6.45) is 3.62. The molecule has 2 atom stereocenters. The highest BCUT2D eigenvalue weighted by molar-refractivity contribution is 5.93. The van der Waals surface area contributed by atoms with Gasteiger partial charge in [0.25, 0.3) is 0 Å². The molecule has 0 bridgehead atoms. The predicted octanol–water partition coefficient (Wildman–Crippen LogP) is 4.47. The number of rotatable bonds is 12. The smallest absolute Gasteiger partial charge is 0.243 e. The van der Waals surface area contributed by atoms with Gasteiger partial charge in [0.05, 0.1) is 0 Å². The quantitative estimate of drug-likeness (QED) is 0.335. The zero-order chi connectivity index (χ0) is 27.7. The Morgan fingerprint density at radius 2 is 1.69 bits per heavy atom. The van der Waals surface area contributed by atoms with Gasteiger partial charge in [-0.1, -0.05) is 77.1 Å². The molecule has 1 aliphatic rings. The first kappa shape index (κ1) is 32.6. The van der Waals surface area contributed by atoms with Crippen LogP contribution in [0.3, 0.4) is 0 Å². The van der Waals surface area contributed by atoms with E-state index in [1.807, 2.05) is 51.1 Å². The molecular weight excluding hydrogens is 512 g/mol. The van der Waals surface area contributed by atoms with E-state index >= 15 is 0 Å². The average Bonchev–Trinajstić information content (AvgIpc) is 3.36. The number of carbonyl (C=O) groups excluding carboxylic acids is 3. The van der Waals surface area contributed by atoms with Crippen molar-refractivity contribution in [3.05, 3.63) is 48.0 Å². The molecule has 0 spiro atoms. The van der Waals surface area contributed by atoms with Crippen LogP contribution in [0.5, 0.6) is 0 Å². The molecule has 216 valence electrons. The van der Waals surface area contributed by atoms with Crippen LogP contribution in [0.2, 0.25) is 0 Å². The number of amides is 3. The number of halogens is 1. The summed E-state index contributed by atoms with van der Waals surface area (Å²) >= 11 is 0. The van der Waals surface area contributed by atoms with Crippen LogP contribution in [0.1, 0.15) is 65.9 Å². The number of benzene rings is 2. The Balaban J connectivity index is 0.00000533. The number of nitrogens with one attached hydrogen (secondary N) is 3. The molecule has 0 aromatic heterocycles. The number of hydrogen-bond donors (Lipinski definition) is 3. The van der Waals surface area contributed by atoms with E-state index in [1.165, 1.54) is 0 Å². The van der Waals surface area contributed by atoms with Crippen molar-refractivity contribution in [1.82, 2.24) is 20.9 Å². The van der Waals surface area contributed by atoms with Crippen molar-refractivity contribution >= 4 is 40.9 Å². The third-order valence-electron chi connectivity index (χ3n) is 6.98. The van der Waals surface area contributed by atoms with E-state index in [9.17, 15) is 14.4 Å². The number of hydrogen-bond acceptors (Lipinski definition) is 4. The van der Waals surface area contributed by atoms with E-state index in [1.54, 1.807) is 4.90 Å². The minimum Gasteiger partial charge on any atom is -0.354 e. The van der Waals surface area contributed by atoms with Gasteiger partial charge in [-0.25, -0.2) is 0 Å². The third-order valence-corrected chi connectivity index (χ3v) is 6.98. The van der Waals surface area contributed by atoms with Crippen LogP contribution in [-0.4, -0.2) is 60.9 Å². The first-order chi connectivity index (χ1) is 18.1. The second-order valence-corrected chi connectivity index (χ2v) is 11.9. The van der Waals surface area contributed by atoms with Crippen molar-refractivity contribution in [2.75, 3.05) is 26.2 Å². The van der Waals surface area contributed by atoms with Gasteiger partial charge >= 0.3 is 0 Å². The topological polar surface area (TPSA) is 90.5 Å². The van der Waals surface area contributed by atoms with Crippen LogP contribution in [0.15, 0.2) is 42.5 Å². The summed E-state index contributed by atoms with van der Waals surface area (Å²) in [4.78, 5) is 41.4. The van der Waals surface area contributed by atoms with E-state index in [4.69, 9.17) is 0 Å². The molecule has 2 aromatic rings. The molecule has 3 amide bonds. The summed E-state index contributed by atoms with van der Waals surface area (Å²) in [5.74, 6) is 0.146. The second kappa shape index (κ2) is 15.2. The SMILES string of the molecule is CC(C)CNCCCCNC(=O)[C@@H](Cc1ccc2ccccc2c1)NC(=O)C1CCCN1C(=O)C(C)(C)C.Cl. The fourth-order valence-electron chi connectivity index (χ4n) is 4.89. The largest absolute Gasteiger partial charge is 0.354 e. The van der Waals surface area contributed by atoms with Crippen LogP contribution in [-0.2, 0) is 20.8 Å². The van der Waals surface area contributed by atoms with E-state index < -0.39 is 17.5 Å². The number of likely N-dealkylation sites (tertiary alicyclic amines) is 1. The van der Waals surface area contributed by atoms with Crippen molar-refractivity contribution in [2.45, 2.75) is 78.8 Å². The third kappa shape index (κ3) is 9.80. The van der Waals surface area contributed by atoms with Gasteiger partial charge < -0.3 is 20.9 Å². The van der Waals surface area contributed by atoms with E-state index in [0.29, 0.717) is 31.8 Å². The molecule has 0 aliphatic carbocycles. The van der Waals surface area contributed by atoms with Crippen molar-refractivity contribution in [2.24, 2.45) is 11.3 Å². The molecule has 39 heavy (non-hydrogen) atoms. The van der Waals surface area contributed by atoms with Gasteiger partial charge in [0, 0.05) is 24.9 Å². The normalized spacial score (nSPS) is 16.2. The van der Waals surface area contributed by atoms with Crippen molar-refractivity contribution in [3.63, 3.8) is 0 Å². The van der Waals surface area contributed by atoms with E-state index in [-0.39, 0.29) is 30.1 Å². The molecule has 1 aliphatic heterocycles. The van der Waals surface area contributed by atoms with Gasteiger partial charge in [-0.15, -0.1) is 12.4 Å². The number of unbranched alkanes of at least 4 members (excludes halogenated alkanes) is 1. The van der Waals surface area contributed by atoms with Crippen molar-refractivity contribution in [1.29, 1.82) is 0 Å². The lowest BCUT2D eigenvalue weighted by atomic mass is 9.94. The summed E-state index contributed by atoms with van der Waals surface area (Å²) in [5.41, 5.74) is 0.422. The van der Waals surface area contributed by atoms with E-state index in [2.05, 4.69) is 41.9 Å². The zero-order valence-corrected chi connectivity index (χ0v) is 25.0. The molecular formula is C31H47ClN4O3. The average molecular weight is 559 g/mol. The maximum Gasteiger partial charge on any atom is 0.243 e. The fourth-order valence-corrected chi connectivity index (χ4v) is 4.89. The summed E-state index contributed by atoms with van der Waals surface area (Å²) in [5, 5.41) is 11.7. The van der Waals surface area contributed by atoms with E-state index in [0.717, 1.165) is 48.7 Å². The van der Waals surface area contributed by atoms with Gasteiger partial charge in [0.2, 0.25) is 17.7 Å². The van der Waals surface area contributed by atoms with Crippen molar-refractivity contribution < 1.29 is 14.4 Å². The minimum atomic E-state index is -0.713. The minimum absolute atomic E-state index is 0. The monoisotopic (exact) mass is 558 g/mol. The Morgan fingerprint density at radius 1 is 1.00 bits per heavy atom. The second-order valence-electron chi connectivity index (χ2n) is 11.9. The number of nitrogens with zero attached hydrogens (tertiary/aromatic N) is 1. The Hall–Kier alpha value is -2.64. The van der Waals surface area contributed by atoms with Crippen molar-refractivity contribution in [3.8, 4) is 0 Å². The molecule has 0 saturated carbocycles. The highest BCUT2D eigenvalue weighted by atomic mass is 35.5.